The zero-order chi connectivity index (χ0) is 15.5. The molecule has 0 bridgehead atoms. The molecule has 2 rings (SSSR count). The number of carboxylic acid groups (broad SMARTS) is 1. The van der Waals surface area contributed by atoms with Gasteiger partial charge in [0.15, 0.2) is 0 Å². The van der Waals surface area contributed by atoms with E-state index in [4.69, 9.17) is 5.11 Å². The quantitative estimate of drug-likeness (QED) is 0.752. The number of carbonyl (C=O) groups excluding carboxylic acids is 1. The Balaban J connectivity index is 1.99. The summed E-state index contributed by atoms with van der Waals surface area (Å²) in [6.45, 7) is 4.41. The Bertz CT molecular complexity index is 522. The molecule has 1 aromatic rings. The Hall–Kier alpha value is -2.04. The average molecular weight is 290 g/mol. The highest BCUT2D eigenvalue weighted by Gasteiger charge is 2.56. The number of carboxylic acids is 1. The van der Waals surface area contributed by atoms with Gasteiger partial charge in [0.05, 0.1) is 12.0 Å². The first-order chi connectivity index (χ1) is 9.87. The first-order valence-corrected chi connectivity index (χ1v) is 7.21. The van der Waals surface area contributed by atoms with Gasteiger partial charge in [0.2, 0.25) is 0 Å². The molecule has 114 valence electrons. The van der Waals surface area contributed by atoms with E-state index in [2.05, 4.69) is 36.6 Å². The van der Waals surface area contributed by atoms with Gasteiger partial charge in [-0.1, -0.05) is 44.2 Å². The van der Waals surface area contributed by atoms with Gasteiger partial charge < -0.3 is 15.7 Å². The standard InChI is InChI=1S/C16H22N2O3/c1-15(2,12-6-4-3-5-7-12)16(9-10-16)18-14(21)17-11-8-13(19)20/h3-7H,8-11H2,1-2H3,(H,19,20)(H2,17,18,21). The molecule has 0 aromatic heterocycles. The molecule has 21 heavy (non-hydrogen) atoms. The maximum atomic E-state index is 11.9. The molecule has 0 spiro atoms. The van der Waals surface area contributed by atoms with Crippen molar-refractivity contribution in [2.75, 3.05) is 6.54 Å². The number of benzene rings is 1. The van der Waals surface area contributed by atoms with Crippen LogP contribution in [-0.4, -0.2) is 29.2 Å². The van der Waals surface area contributed by atoms with Gasteiger partial charge in [0, 0.05) is 12.0 Å². The van der Waals surface area contributed by atoms with E-state index in [9.17, 15) is 9.59 Å². The summed E-state index contributed by atoms with van der Waals surface area (Å²) in [7, 11) is 0. The minimum atomic E-state index is -0.916. The molecular weight excluding hydrogens is 268 g/mol. The second kappa shape index (κ2) is 5.76. The highest BCUT2D eigenvalue weighted by molar-refractivity contribution is 5.76. The lowest BCUT2D eigenvalue weighted by atomic mass is 9.75. The summed E-state index contributed by atoms with van der Waals surface area (Å²) >= 11 is 0. The third kappa shape index (κ3) is 3.35. The molecule has 0 unspecified atom stereocenters. The number of hydrogen-bond acceptors (Lipinski definition) is 2. The topological polar surface area (TPSA) is 78.4 Å². The van der Waals surface area contributed by atoms with Crippen LogP contribution in [0.3, 0.4) is 0 Å². The maximum absolute atomic E-state index is 11.9. The van der Waals surface area contributed by atoms with E-state index < -0.39 is 5.97 Å². The Kier molecular flexibility index (Phi) is 4.21. The summed E-state index contributed by atoms with van der Waals surface area (Å²) in [4.78, 5) is 22.4. The van der Waals surface area contributed by atoms with Crippen molar-refractivity contribution in [3.63, 3.8) is 0 Å². The van der Waals surface area contributed by atoms with E-state index in [1.54, 1.807) is 0 Å². The summed E-state index contributed by atoms with van der Waals surface area (Å²) < 4.78 is 0. The summed E-state index contributed by atoms with van der Waals surface area (Å²) in [6.07, 6.45) is 1.80. The second-order valence-corrected chi connectivity index (χ2v) is 6.10. The van der Waals surface area contributed by atoms with Gasteiger partial charge in [-0.2, -0.15) is 0 Å². The molecule has 1 aromatic carbocycles. The van der Waals surface area contributed by atoms with Crippen LogP contribution in [0, 0.1) is 0 Å². The van der Waals surface area contributed by atoms with Crippen LogP contribution >= 0.6 is 0 Å². The molecule has 1 saturated carbocycles. The Labute approximate surface area is 124 Å². The van der Waals surface area contributed by atoms with Gasteiger partial charge in [0.1, 0.15) is 0 Å². The molecule has 0 heterocycles. The van der Waals surface area contributed by atoms with Crippen LogP contribution in [0.5, 0.6) is 0 Å². The zero-order valence-electron chi connectivity index (χ0n) is 12.5. The minimum Gasteiger partial charge on any atom is -0.481 e. The van der Waals surface area contributed by atoms with Crippen molar-refractivity contribution in [2.45, 2.75) is 44.1 Å². The molecule has 1 fully saturated rings. The molecular formula is C16H22N2O3. The van der Waals surface area contributed by atoms with E-state index in [0.29, 0.717) is 0 Å². The van der Waals surface area contributed by atoms with Crippen molar-refractivity contribution >= 4 is 12.0 Å². The van der Waals surface area contributed by atoms with Crippen LogP contribution in [0.15, 0.2) is 30.3 Å². The minimum absolute atomic E-state index is 0.0670. The number of urea groups is 1. The summed E-state index contributed by atoms with van der Waals surface area (Å²) in [5.41, 5.74) is 0.772. The van der Waals surface area contributed by atoms with Gasteiger partial charge in [-0.15, -0.1) is 0 Å². The van der Waals surface area contributed by atoms with Crippen molar-refractivity contribution in [1.29, 1.82) is 0 Å². The maximum Gasteiger partial charge on any atom is 0.315 e. The van der Waals surface area contributed by atoms with E-state index in [1.165, 1.54) is 5.56 Å². The lowest BCUT2D eigenvalue weighted by molar-refractivity contribution is -0.136. The number of carbonyl (C=O) groups is 2. The second-order valence-electron chi connectivity index (χ2n) is 6.10. The van der Waals surface area contributed by atoms with Crippen molar-refractivity contribution in [2.24, 2.45) is 0 Å². The normalized spacial score (nSPS) is 16.1. The molecule has 5 nitrogen and oxygen atoms in total. The Morgan fingerprint density at radius 1 is 1.24 bits per heavy atom. The van der Waals surface area contributed by atoms with E-state index in [1.807, 2.05) is 18.2 Å². The van der Waals surface area contributed by atoms with Crippen molar-refractivity contribution in [1.82, 2.24) is 10.6 Å². The smallest absolute Gasteiger partial charge is 0.315 e. The summed E-state index contributed by atoms with van der Waals surface area (Å²) in [5.74, 6) is -0.916. The third-order valence-electron chi connectivity index (χ3n) is 4.42. The Morgan fingerprint density at radius 2 is 1.86 bits per heavy atom. The molecule has 1 aliphatic rings. The molecule has 0 saturated heterocycles. The predicted octanol–water partition coefficient (Wildman–Crippen LogP) is 2.27. The van der Waals surface area contributed by atoms with Crippen LogP contribution in [0.2, 0.25) is 0 Å². The van der Waals surface area contributed by atoms with E-state index in [0.717, 1.165) is 12.8 Å². The van der Waals surface area contributed by atoms with Gasteiger partial charge in [-0.05, 0) is 18.4 Å². The largest absolute Gasteiger partial charge is 0.481 e. The third-order valence-corrected chi connectivity index (χ3v) is 4.42. The van der Waals surface area contributed by atoms with Crippen LogP contribution < -0.4 is 10.6 Å². The fourth-order valence-corrected chi connectivity index (χ4v) is 2.71. The average Bonchev–Trinajstić information content (AvgIpc) is 3.20. The fourth-order valence-electron chi connectivity index (χ4n) is 2.71. The molecule has 5 heteroatoms. The molecule has 0 radical (unpaired) electrons. The molecule has 0 aliphatic heterocycles. The lowest BCUT2D eigenvalue weighted by Gasteiger charge is -2.36. The van der Waals surface area contributed by atoms with Crippen LogP contribution in [0.4, 0.5) is 4.79 Å². The van der Waals surface area contributed by atoms with Gasteiger partial charge in [0.25, 0.3) is 0 Å². The highest BCUT2D eigenvalue weighted by Crippen LogP contribution is 2.51. The molecule has 0 atom stereocenters. The van der Waals surface area contributed by atoms with Crippen molar-refractivity contribution in [3.05, 3.63) is 35.9 Å². The van der Waals surface area contributed by atoms with Crippen LogP contribution in [0.25, 0.3) is 0 Å². The summed E-state index contributed by atoms with van der Waals surface area (Å²) in [5, 5.41) is 14.2. The molecule has 3 N–H and O–H groups in total. The number of hydrogen-bond donors (Lipinski definition) is 3. The van der Waals surface area contributed by atoms with E-state index >= 15 is 0 Å². The van der Waals surface area contributed by atoms with Crippen LogP contribution in [-0.2, 0) is 10.2 Å². The van der Waals surface area contributed by atoms with Gasteiger partial charge in [-0.3, -0.25) is 4.79 Å². The van der Waals surface area contributed by atoms with E-state index in [-0.39, 0.29) is 30.0 Å². The van der Waals surface area contributed by atoms with Gasteiger partial charge in [-0.25, -0.2) is 4.79 Å². The molecule has 2 amide bonds. The highest BCUT2D eigenvalue weighted by atomic mass is 16.4. The van der Waals surface area contributed by atoms with Gasteiger partial charge >= 0.3 is 12.0 Å². The molecule has 1 aliphatic carbocycles. The summed E-state index contributed by atoms with van der Waals surface area (Å²) in [6, 6.07) is 9.83. The number of rotatable bonds is 6. The van der Waals surface area contributed by atoms with Crippen LogP contribution in [0.1, 0.15) is 38.7 Å². The lowest BCUT2D eigenvalue weighted by Crippen LogP contribution is -2.53. The number of nitrogens with one attached hydrogen (secondary N) is 2. The first-order valence-electron chi connectivity index (χ1n) is 7.21. The predicted molar refractivity (Wildman–Crippen MR) is 80.2 cm³/mol. The first kappa shape index (κ1) is 15.4. The number of aliphatic carboxylic acids is 1. The fraction of sp³-hybridized carbons (Fsp3) is 0.500. The van der Waals surface area contributed by atoms with Crippen molar-refractivity contribution < 1.29 is 14.7 Å². The number of amides is 2. The SMILES string of the molecule is CC(C)(c1ccccc1)C1(NC(=O)NCCC(=O)O)CC1. The van der Waals surface area contributed by atoms with Crippen molar-refractivity contribution in [3.8, 4) is 0 Å². The monoisotopic (exact) mass is 290 g/mol. The zero-order valence-corrected chi connectivity index (χ0v) is 12.5. The Morgan fingerprint density at radius 3 is 2.38 bits per heavy atom.